The number of aromatic nitrogens is 1. The zero-order valence-corrected chi connectivity index (χ0v) is 9.41. The average Bonchev–Trinajstić information content (AvgIpc) is 2.70. The number of nitrogens with two attached hydrogens (primary N) is 1. The maximum absolute atomic E-state index is 12.8. The van der Waals surface area contributed by atoms with Crippen molar-refractivity contribution in [1.29, 1.82) is 0 Å². The van der Waals surface area contributed by atoms with Crippen molar-refractivity contribution < 1.29 is 4.39 Å². The molecule has 2 rings (SSSR count). The summed E-state index contributed by atoms with van der Waals surface area (Å²) in [4.78, 5) is 0. The van der Waals surface area contributed by atoms with Gasteiger partial charge in [-0.2, -0.15) is 0 Å². The van der Waals surface area contributed by atoms with Crippen LogP contribution in [0.1, 0.15) is 11.1 Å². The van der Waals surface area contributed by atoms with Crippen LogP contribution in [0.4, 0.5) is 4.39 Å². The summed E-state index contributed by atoms with van der Waals surface area (Å²) in [5, 5.41) is 0.447. The maximum Gasteiger partial charge on any atom is 0.124 e. The molecule has 0 saturated heterocycles. The summed E-state index contributed by atoms with van der Waals surface area (Å²) < 4.78 is 14.8. The van der Waals surface area contributed by atoms with Gasteiger partial charge in [0.1, 0.15) is 5.82 Å². The second kappa shape index (κ2) is 4.68. The van der Waals surface area contributed by atoms with Gasteiger partial charge in [0.25, 0.3) is 0 Å². The van der Waals surface area contributed by atoms with E-state index >= 15 is 0 Å². The molecule has 4 heteroatoms. The fraction of sp³-hybridized carbons (Fsp3) is 0.167. The van der Waals surface area contributed by atoms with Crippen LogP contribution in [0.2, 0.25) is 5.02 Å². The molecule has 0 spiro atoms. The minimum Gasteiger partial charge on any atom is -0.350 e. The Hall–Kier alpha value is -1.32. The van der Waals surface area contributed by atoms with Gasteiger partial charge in [0.05, 0.1) is 0 Å². The molecule has 0 amide bonds. The molecule has 0 unspecified atom stereocenters. The van der Waals surface area contributed by atoms with Crippen LogP contribution >= 0.6 is 11.6 Å². The van der Waals surface area contributed by atoms with E-state index in [-0.39, 0.29) is 5.82 Å². The second-order valence-electron chi connectivity index (χ2n) is 3.63. The van der Waals surface area contributed by atoms with Crippen LogP contribution in [0.5, 0.6) is 0 Å². The summed E-state index contributed by atoms with van der Waals surface area (Å²) in [6.07, 6.45) is 3.89. The summed E-state index contributed by atoms with van der Waals surface area (Å²) >= 11 is 5.94. The Morgan fingerprint density at radius 3 is 2.75 bits per heavy atom. The quantitative estimate of drug-likeness (QED) is 0.876. The number of halogens is 2. The van der Waals surface area contributed by atoms with Crippen molar-refractivity contribution in [2.24, 2.45) is 5.73 Å². The molecule has 2 nitrogen and oxygen atoms in total. The third-order valence-electron chi connectivity index (χ3n) is 2.42. The Morgan fingerprint density at radius 1 is 1.31 bits per heavy atom. The third-order valence-corrected chi connectivity index (χ3v) is 2.77. The summed E-state index contributed by atoms with van der Waals surface area (Å²) in [6.45, 7) is 1.14. The highest BCUT2D eigenvalue weighted by Crippen LogP contribution is 2.18. The van der Waals surface area contributed by atoms with Crippen molar-refractivity contribution in [1.82, 2.24) is 4.57 Å². The highest BCUT2D eigenvalue weighted by Gasteiger charge is 2.03. The lowest BCUT2D eigenvalue weighted by molar-refractivity contribution is 0.626. The largest absolute Gasteiger partial charge is 0.350 e. The predicted molar refractivity (Wildman–Crippen MR) is 62.8 cm³/mol. The second-order valence-corrected chi connectivity index (χ2v) is 4.04. The van der Waals surface area contributed by atoms with Crippen LogP contribution in [0.25, 0.3) is 0 Å². The Bertz CT molecular complexity index is 494. The van der Waals surface area contributed by atoms with E-state index in [4.69, 9.17) is 17.3 Å². The van der Waals surface area contributed by atoms with Crippen LogP contribution in [0, 0.1) is 5.82 Å². The van der Waals surface area contributed by atoms with Gasteiger partial charge < -0.3 is 10.3 Å². The SMILES string of the molecule is NCc1ccn(Cc2ccc(F)cc2Cl)c1. The molecule has 0 aliphatic rings. The van der Waals surface area contributed by atoms with Crippen molar-refractivity contribution in [3.05, 3.63) is 58.6 Å². The summed E-state index contributed by atoms with van der Waals surface area (Å²) in [7, 11) is 0. The molecule has 16 heavy (non-hydrogen) atoms. The molecule has 0 aliphatic carbocycles. The zero-order valence-electron chi connectivity index (χ0n) is 8.66. The molecule has 1 aromatic carbocycles. The first kappa shape index (κ1) is 11.2. The summed E-state index contributed by atoms with van der Waals surface area (Å²) in [5.41, 5.74) is 7.48. The van der Waals surface area contributed by atoms with Crippen LogP contribution in [-0.4, -0.2) is 4.57 Å². The van der Waals surface area contributed by atoms with Gasteiger partial charge in [0.2, 0.25) is 0 Å². The van der Waals surface area contributed by atoms with Crippen molar-refractivity contribution >= 4 is 11.6 Å². The molecule has 0 aliphatic heterocycles. The zero-order chi connectivity index (χ0) is 11.5. The Labute approximate surface area is 98.4 Å². The van der Waals surface area contributed by atoms with Gasteiger partial charge in [0, 0.05) is 30.5 Å². The fourth-order valence-corrected chi connectivity index (χ4v) is 1.78. The minimum absolute atomic E-state index is 0.316. The van der Waals surface area contributed by atoms with Crippen LogP contribution in [0.15, 0.2) is 36.7 Å². The number of nitrogens with zero attached hydrogens (tertiary/aromatic N) is 1. The molecule has 0 bridgehead atoms. The van der Waals surface area contributed by atoms with Gasteiger partial charge in [-0.15, -0.1) is 0 Å². The first-order chi connectivity index (χ1) is 7.69. The highest BCUT2D eigenvalue weighted by molar-refractivity contribution is 6.31. The van der Waals surface area contributed by atoms with Crippen molar-refractivity contribution in [2.75, 3.05) is 0 Å². The van der Waals surface area contributed by atoms with Crippen LogP contribution < -0.4 is 5.73 Å². The van der Waals surface area contributed by atoms with E-state index in [1.54, 1.807) is 6.07 Å². The smallest absolute Gasteiger partial charge is 0.124 e. The Balaban J connectivity index is 2.20. The van der Waals surface area contributed by atoms with E-state index in [2.05, 4.69) is 0 Å². The maximum atomic E-state index is 12.8. The van der Waals surface area contributed by atoms with Gasteiger partial charge in [-0.3, -0.25) is 0 Å². The summed E-state index contributed by atoms with van der Waals surface area (Å²) in [5.74, 6) is -0.316. The van der Waals surface area contributed by atoms with Gasteiger partial charge in [-0.1, -0.05) is 17.7 Å². The lowest BCUT2D eigenvalue weighted by Gasteiger charge is -2.05. The van der Waals surface area contributed by atoms with Gasteiger partial charge >= 0.3 is 0 Å². The molecule has 0 fully saturated rings. The number of hydrogen-bond acceptors (Lipinski definition) is 1. The first-order valence-electron chi connectivity index (χ1n) is 4.97. The standard InChI is InChI=1S/C12H12ClFN2/c13-12-5-11(14)2-1-10(12)8-16-4-3-9(6-15)7-16/h1-5,7H,6,8,15H2. The minimum atomic E-state index is -0.316. The van der Waals surface area contributed by atoms with Gasteiger partial charge in [-0.25, -0.2) is 4.39 Å². The van der Waals surface area contributed by atoms with Gasteiger partial charge in [0.15, 0.2) is 0 Å². The number of hydrogen-bond donors (Lipinski definition) is 1. The molecule has 84 valence electrons. The van der Waals surface area contributed by atoms with Crippen molar-refractivity contribution in [2.45, 2.75) is 13.1 Å². The Kier molecular flexibility index (Phi) is 3.27. The normalized spacial score (nSPS) is 10.7. The van der Waals surface area contributed by atoms with Crippen molar-refractivity contribution in [3.8, 4) is 0 Å². The van der Waals surface area contributed by atoms with E-state index in [1.165, 1.54) is 12.1 Å². The molecule has 2 N–H and O–H groups in total. The van der Waals surface area contributed by atoms with E-state index in [1.807, 2.05) is 23.0 Å². The monoisotopic (exact) mass is 238 g/mol. The fourth-order valence-electron chi connectivity index (χ4n) is 1.56. The van der Waals surface area contributed by atoms with Gasteiger partial charge in [-0.05, 0) is 29.3 Å². The third kappa shape index (κ3) is 2.43. The molecule has 0 saturated carbocycles. The van der Waals surface area contributed by atoms with Crippen molar-refractivity contribution in [3.63, 3.8) is 0 Å². The van der Waals surface area contributed by atoms with E-state index in [0.717, 1.165) is 11.1 Å². The molecular weight excluding hydrogens is 227 g/mol. The molecule has 1 heterocycles. The summed E-state index contributed by atoms with van der Waals surface area (Å²) in [6, 6.07) is 6.38. The number of rotatable bonds is 3. The first-order valence-corrected chi connectivity index (χ1v) is 5.35. The predicted octanol–water partition coefficient (Wildman–Crippen LogP) is 2.79. The molecular formula is C12H12ClFN2. The Morgan fingerprint density at radius 2 is 2.12 bits per heavy atom. The average molecular weight is 239 g/mol. The lowest BCUT2D eigenvalue weighted by atomic mass is 10.2. The highest BCUT2D eigenvalue weighted by atomic mass is 35.5. The van der Waals surface area contributed by atoms with E-state index < -0.39 is 0 Å². The topological polar surface area (TPSA) is 30.9 Å². The van der Waals surface area contributed by atoms with Crippen LogP contribution in [-0.2, 0) is 13.1 Å². The van der Waals surface area contributed by atoms with E-state index in [9.17, 15) is 4.39 Å². The molecule has 2 aromatic rings. The molecule has 0 atom stereocenters. The molecule has 1 aromatic heterocycles. The van der Waals surface area contributed by atoms with E-state index in [0.29, 0.717) is 18.1 Å². The lowest BCUT2D eigenvalue weighted by Crippen LogP contribution is -1.98. The van der Waals surface area contributed by atoms with Crippen LogP contribution in [0.3, 0.4) is 0 Å². The number of benzene rings is 1. The molecule has 0 radical (unpaired) electrons.